The number of aromatic nitrogens is 3. The van der Waals surface area contributed by atoms with Crippen molar-refractivity contribution in [2.75, 3.05) is 0 Å². The van der Waals surface area contributed by atoms with E-state index in [1.807, 2.05) is 60.7 Å². The summed E-state index contributed by atoms with van der Waals surface area (Å²) in [7, 11) is 0. The molecule has 0 saturated heterocycles. The minimum absolute atomic E-state index is 0.0264. The van der Waals surface area contributed by atoms with E-state index in [2.05, 4.69) is 170 Å². The number of nitrogens with zero attached hydrogens (tertiary/aromatic N) is 3. The standard InChI is InChI=1S/C58H43N3/c1-7-21-42(22-8-1)51-40-52(54(44-25-11-3-12-26-44)55(45-27-13-4-14-28-45)53(51)43-23-9-2-10-24-43)50-36-20-35-49(39-50)41-33-19-34-48(38-37-41)58-60-56(46-29-15-5-16-30-46)59-57(61-58)47-31-17-6-18-32-47/h1-3,5-13,15-41H,4,14H2. The second-order valence-electron chi connectivity index (χ2n) is 15.4. The molecule has 0 amide bonds. The Hall–Kier alpha value is -7.75. The molecule has 1 aromatic heterocycles. The zero-order valence-corrected chi connectivity index (χ0v) is 33.8. The first kappa shape index (κ1) is 37.5. The number of rotatable bonds is 9. The van der Waals surface area contributed by atoms with Gasteiger partial charge in [-0.25, -0.2) is 15.0 Å². The van der Waals surface area contributed by atoms with Gasteiger partial charge in [-0.2, -0.15) is 0 Å². The molecule has 1 atom stereocenters. The van der Waals surface area contributed by atoms with Crippen molar-refractivity contribution < 1.29 is 0 Å². The Morgan fingerprint density at radius 3 is 1.44 bits per heavy atom. The fourth-order valence-corrected chi connectivity index (χ4v) is 8.48. The van der Waals surface area contributed by atoms with E-state index in [4.69, 9.17) is 15.0 Å². The van der Waals surface area contributed by atoms with Crippen LogP contribution in [0.15, 0.2) is 231 Å². The lowest BCUT2D eigenvalue weighted by atomic mass is 9.77. The number of allylic oxidation sites excluding steroid dienone is 10. The molecular weight excluding hydrogens is 739 g/mol. The Morgan fingerprint density at radius 1 is 0.377 bits per heavy atom. The van der Waals surface area contributed by atoms with Gasteiger partial charge in [0.25, 0.3) is 0 Å². The van der Waals surface area contributed by atoms with Crippen molar-refractivity contribution in [1.82, 2.24) is 15.0 Å². The molecule has 3 nitrogen and oxygen atoms in total. The van der Waals surface area contributed by atoms with Crippen LogP contribution in [0.25, 0.3) is 78.4 Å². The molecular formula is C58H43N3. The van der Waals surface area contributed by atoms with Crippen LogP contribution in [0.1, 0.15) is 35.7 Å². The third-order valence-electron chi connectivity index (χ3n) is 11.4. The fourth-order valence-electron chi connectivity index (χ4n) is 8.48. The Bertz CT molecular complexity index is 2920. The second kappa shape index (κ2) is 17.2. The summed E-state index contributed by atoms with van der Waals surface area (Å²) in [5.41, 5.74) is 16.2. The number of hydrogen-bond donors (Lipinski definition) is 0. The summed E-state index contributed by atoms with van der Waals surface area (Å²) in [6, 6.07) is 64.5. The molecule has 0 saturated carbocycles. The largest absolute Gasteiger partial charge is 0.208 e. The lowest BCUT2D eigenvalue weighted by molar-refractivity contribution is 1.04. The Labute approximate surface area is 358 Å². The van der Waals surface area contributed by atoms with Crippen molar-refractivity contribution in [3.05, 3.63) is 248 Å². The summed E-state index contributed by atoms with van der Waals surface area (Å²) < 4.78 is 0. The molecule has 290 valence electrons. The van der Waals surface area contributed by atoms with E-state index in [0.29, 0.717) is 17.5 Å². The van der Waals surface area contributed by atoms with E-state index in [-0.39, 0.29) is 5.92 Å². The average Bonchev–Trinajstić information content (AvgIpc) is 3.62. The van der Waals surface area contributed by atoms with Gasteiger partial charge in [0, 0.05) is 22.6 Å². The van der Waals surface area contributed by atoms with Gasteiger partial charge in [0.2, 0.25) is 0 Å². The molecule has 7 aromatic carbocycles. The van der Waals surface area contributed by atoms with Crippen LogP contribution < -0.4 is 0 Å². The monoisotopic (exact) mass is 781 g/mol. The highest BCUT2D eigenvalue weighted by molar-refractivity contribution is 6.06. The minimum atomic E-state index is 0.0264. The quantitative estimate of drug-likeness (QED) is 0.146. The first-order valence-corrected chi connectivity index (χ1v) is 21.1. The van der Waals surface area contributed by atoms with Gasteiger partial charge in [0.1, 0.15) is 0 Å². The van der Waals surface area contributed by atoms with Crippen LogP contribution in [0.5, 0.6) is 0 Å². The van der Waals surface area contributed by atoms with Gasteiger partial charge >= 0.3 is 0 Å². The molecule has 1 unspecified atom stereocenters. The molecule has 10 rings (SSSR count). The van der Waals surface area contributed by atoms with Crippen molar-refractivity contribution in [3.63, 3.8) is 0 Å². The van der Waals surface area contributed by atoms with Crippen LogP contribution in [0.2, 0.25) is 0 Å². The van der Waals surface area contributed by atoms with E-state index in [9.17, 15) is 0 Å². The topological polar surface area (TPSA) is 38.7 Å². The summed E-state index contributed by atoms with van der Waals surface area (Å²) in [5, 5.41) is 0. The molecule has 0 bridgehead atoms. The maximum Gasteiger partial charge on any atom is 0.164 e. The Morgan fingerprint density at radius 2 is 0.885 bits per heavy atom. The molecule has 2 aliphatic carbocycles. The molecule has 61 heavy (non-hydrogen) atoms. The third kappa shape index (κ3) is 7.90. The molecule has 0 N–H and O–H groups in total. The van der Waals surface area contributed by atoms with Crippen molar-refractivity contribution in [1.29, 1.82) is 0 Å². The number of benzene rings is 7. The van der Waals surface area contributed by atoms with E-state index in [0.717, 1.165) is 29.5 Å². The van der Waals surface area contributed by atoms with E-state index >= 15 is 0 Å². The maximum atomic E-state index is 5.01. The van der Waals surface area contributed by atoms with Crippen LogP contribution in [-0.2, 0) is 0 Å². The molecule has 0 fully saturated rings. The summed E-state index contributed by atoms with van der Waals surface area (Å²) in [5.74, 6) is 1.97. The molecule has 0 aliphatic heterocycles. The summed E-state index contributed by atoms with van der Waals surface area (Å²) in [6.45, 7) is 0. The minimum Gasteiger partial charge on any atom is -0.208 e. The van der Waals surface area contributed by atoms with Gasteiger partial charge in [-0.15, -0.1) is 0 Å². The number of hydrogen-bond acceptors (Lipinski definition) is 3. The van der Waals surface area contributed by atoms with Crippen LogP contribution in [0.3, 0.4) is 0 Å². The van der Waals surface area contributed by atoms with Gasteiger partial charge < -0.3 is 0 Å². The van der Waals surface area contributed by atoms with Crippen molar-refractivity contribution >= 4 is 11.1 Å². The summed E-state index contributed by atoms with van der Waals surface area (Å²) >= 11 is 0. The van der Waals surface area contributed by atoms with Crippen molar-refractivity contribution in [3.8, 4) is 67.3 Å². The highest BCUT2D eigenvalue weighted by atomic mass is 15.0. The van der Waals surface area contributed by atoms with Gasteiger partial charge in [0.05, 0.1) is 0 Å². The predicted molar refractivity (Wildman–Crippen MR) is 254 cm³/mol. The van der Waals surface area contributed by atoms with Crippen LogP contribution in [-0.4, -0.2) is 15.0 Å². The lowest BCUT2D eigenvalue weighted by Crippen LogP contribution is -2.02. The van der Waals surface area contributed by atoms with Crippen molar-refractivity contribution in [2.45, 2.75) is 18.8 Å². The summed E-state index contributed by atoms with van der Waals surface area (Å²) in [6.07, 6.45) is 20.1. The SMILES string of the molecule is C1=CC(c2cccc(-c3cc(-c4ccccc4)c(-c4ccccc4)c(C4=CCCC=C4)c3-c3ccccc3)c2)C=CC(c2nc(-c3ccccc3)nc(-c3ccccc3)n2)=C1. The zero-order chi connectivity index (χ0) is 40.8. The highest BCUT2D eigenvalue weighted by Crippen LogP contribution is 2.49. The second-order valence-corrected chi connectivity index (χ2v) is 15.4. The van der Waals surface area contributed by atoms with Crippen LogP contribution in [0.4, 0.5) is 0 Å². The zero-order valence-electron chi connectivity index (χ0n) is 33.8. The fraction of sp³-hybridized carbons (Fsp3) is 0.0517. The first-order valence-electron chi connectivity index (χ1n) is 21.1. The van der Waals surface area contributed by atoms with Gasteiger partial charge in [-0.1, -0.05) is 225 Å². The van der Waals surface area contributed by atoms with Gasteiger partial charge in [0.15, 0.2) is 17.5 Å². The first-order chi connectivity index (χ1) is 30.3. The predicted octanol–water partition coefficient (Wildman–Crippen LogP) is 14.9. The molecule has 3 heteroatoms. The molecule has 1 heterocycles. The highest BCUT2D eigenvalue weighted by Gasteiger charge is 2.25. The van der Waals surface area contributed by atoms with E-state index in [1.54, 1.807) is 0 Å². The van der Waals surface area contributed by atoms with Gasteiger partial charge in [-0.05, 0) is 80.1 Å². The van der Waals surface area contributed by atoms with Crippen LogP contribution >= 0.6 is 0 Å². The third-order valence-corrected chi connectivity index (χ3v) is 11.4. The normalized spacial score (nSPS) is 14.6. The molecule has 0 spiro atoms. The van der Waals surface area contributed by atoms with Gasteiger partial charge in [-0.3, -0.25) is 0 Å². The van der Waals surface area contributed by atoms with E-state index < -0.39 is 0 Å². The van der Waals surface area contributed by atoms with Crippen molar-refractivity contribution in [2.24, 2.45) is 0 Å². The van der Waals surface area contributed by atoms with E-state index in [1.165, 1.54) is 61.2 Å². The Balaban J connectivity index is 1.11. The maximum absolute atomic E-state index is 5.01. The Kier molecular flexibility index (Phi) is 10.6. The smallest absolute Gasteiger partial charge is 0.164 e. The lowest BCUT2D eigenvalue weighted by Gasteiger charge is -2.26. The molecule has 2 aliphatic rings. The summed E-state index contributed by atoms with van der Waals surface area (Å²) in [4.78, 5) is 14.9. The molecule has 8 aromatic rings. The average molecular weight is 782 g/mol. The molecule has 0 radical (unpaired) electrons. The van der Waals surface area contributed by atoms with Crippen LogP contribution in [0, 0.1) is 0 Å².